The molecule has 0 saturated carbocycles. The summed E-state index contributed by atoms with van der Waals surface area (Å²) in [4.78, 5) is 30.4. The van der Waals surface area contributed by atoms with Crippen LogP contribution in [0.3, 0.4) is 0 Å². The first-order chi connectivity index (χ1) is 16.6. The number of nitrogens with one attached hydrogen (secondary N) is 1. The minimum atomic E-state index is -0.333. The molecule has 0 saturated heterocycles. The molecule has 4 rings (SSSR count). The number of fused-ring (bicyclic) bond motifs is 1. The highest BCUT2D eigenvalue weighted by Crippen LogP contribution is 2.23. The fraction of sp³-hybridized carbons (Fsp3) is 0.120. The number of carbonyl (C=O) groups is 1. The fourth-order valence-electron chi connectivity index (χ4n) is 3.28. The highest BCUT2D eigenvalue weighted by Gasteiger charge is 2.15. The van der Waals surface area contributed by atoms with Gasteiger partial charge in [-0.25, -0.2) is 10.4 Å². The number of thioether (sulfide) groups is 1. The van der Waals surface area contributed by atoms with Crippen molar-refractivity contribution in [1.82, 2.24) is 15.0 Å². The first-order valence-corrected chi connectivity index (χ1v) is 11.3. The number of carbonyl (C=O) groups excluding carboxylic acids is 1. The maximum absolute atomic E-state index is 13.3. The quantitative estimate of drug-likeness (QED) is 0.181. The fourth-order valence-corrected chi connectivity index (χ4v) is 4.08. The molecule has 0 fully saturated rings. The zero-order chi connectivity index (χ0) is 23.9. The topological polar surface area (TPSA) is 94.8 Å². The molecule has 1 N–H and O–H groups in total. The molecule has 0 atom stereocenters. The molecule has 0 unspecified atom stereocenters. The van der Waals surface area contributed by atoms with Gasteiger partial charge in [0.25, 0.3) is 11.5 Å². The Morgan fingerprint density at radius 2 is 1.76 bits per heavy atom. The van der Waals surface area contributed by atoms with Crippen LogP contribution in [0.25, 0.3) is 16.6 Å². The predicted molar refractivity (Wildman–Crippen MR) is 133 cm³/mol. The van der Waals surface area contributed by atoms with E-state index in [2.05, 4.69) is 15.5 Å². The van der Waals surface area contributed by atoms with Crippen molar-refractivity contribution in [2.45, 2.75) is 5.16 Å². The van der Waals surface area contributed by atoms with Crippen molar-refractivity contribution in [2.24, 2.45) is 5.10 Å². The van der Waals surface area contributed by atoms with Crippen LogP contribution >= 0.6 is 11.8 Å². The molecule has 0 radical (unpaired) electrons. The second-order valence-electron chi connectivity index (χ2n) is 7.07. The summed E-state index contributed by atoms with van der Waals surface area (Å²) in [7, 11) is 3.15. The summed E-state index contributed by atoms with van der Waals surface area (Å²) in [5, 5.41) is 4.90. The molecule has 0 spiro atoms. The number of rotatable bonds is 8. The van der Waals surface area contributed by atoms with E-state index in [4.69, 9.17) is 9.47 Å². The van der Waals surface area contributed by atoms with Crippen LogP contribution in [0, 0.1) is 0 Å². The molecule has 0 aliphatic heterocycles. The van der Waals surface area contributed by atoms with Crippen LogP contribution in [-0.2, 0) is 4.79 Å². The largest absolute Gasteiger partial charge is 0.497 e. The summed E-state index contributed by atoms with van der Waals surface area (Å²) in [6.07, 6.45) is 1.52. The lowest BCUT2D eigenvalue weighted by atomic mass is 10.2. The number of nitrogens with zero attached hydrogens (tertiary/aromatic N) is 3. The van der Waals surface area contributed by atoms with Gasteiger partial charge in [0.2, 0.25) is 0 Å². The van der Waals surface area contributed by atoms with Gasteiger partial charge in [0.05, 0.1) is 42.8 Å². The molecule has 4 aromatic rings. The van der Waals surface area contributed by atoms with Gasteiger partial charge in [-0.05, 0) is 48.5 Å². The van der Waals surface area contributed by atoms with Gasteiger partial charge in [0.1, 0.15) is 11.5 Å². The van der Waals surface area contributed by atoms with Crippen LogP contribution < -0.4 is 20.5 Å². The Morgan fingerprint density at radius 1 is 1.03 bits per heavy atom. The highest BCUT2D eigenvalue weighted by atomic mass is 32.2. The highest BCUT2D eigenvalue weighted by molar-refractivity contribution is 7.99. The Balaban J connectivity index is 1.56. The van der Waals surface area contributed by atoms with Crippen LogP contribution in [0.15, 0.2) is 87.8 Å². The lowest BCUT2D eigenvalue weighted by Gasteiger charge is -2.13. The molecule has 34 heavy (non-hydrogen) atoms. The van der Waals surface area contributed by atoms with Crippen molar-refractivity contribution in [1.29, 1.82) is 0 Å². The second-order valence-corrected chi connectivity index (χ2v) is 8.02. The first kappa shape index (κ1) is 23.1. The van der Waals surface area contributed by atoms with Crippen LogP contribution in [-0.4, -0.2) is 41.6 Å². The molecular formula is C25H22N4O4S. The van der Waals surface area contributed by atoms with Gasteiger partial charge >= 0.3 is 0 Å². The summed E-state index contributed by atoms with van der Waals surface area (Å²) in [5.74, 6) is 1.01. The molecule has 0 aliphatic carbocycles. The smallest absolute Gasteiger partial charge is 0.266 e. The van der Waals surface area contributed by atoms with E-state index < -0.39 is 0 Å². The predicted octanol–water partition coefficient (Wildman–Crippen LogP) is 3.65. The Bertz CT molecular complexity index is 1400. The van der Waals surface area contributed by atoms with E-state index >= 15 is 0 Å². The number of hydrogen-bond acceptors (Lipinski definition) is 7. The molecule has 9 heteroatoms. The van der Waals surface area contributed by atoms with Gasteiger partial charge < -0.3 is 9.47 Å². The average Bonchev–Trinajstić information content (AvgIpc) is 2.88. The Labute approximate surface area is 200 Å². The summed E-state index contributed by atoms with van der Waals surface area (Å²) in [6.45, 7) is 0. The van der Waals surface area contributed by atoms with Crippen molar-refractivity contribution >= 4 is 34.8 Å². The van der Waals surface area contributed by atoms with Gasteiger partial charge in [0, 0.05) is 5.56 Å². The molecule has 0 bridgehead atoms. The van der Waals surface area contributed by atoms with E-state index in [1.807, 2.05) is 30.3 Å². The van der Waals surface area contributed by atoms with Gasteiger partial charge in [-0.1, -0.05) is 36.0 Å². The Morgan fingerprint density at radius 3 is 2.53 bits per heavy atom. The van der Waals surface area contributed by atoms with Crippen molar-refractivity contribution in [3.05, 3.63) is 88.7 Å². The van der Waals surface area contributed by atoms with Gasteiger partial charge in [-0.15, -0.1) is 0 Å². The van der Waals surface area contributed by atoms with Crippen LogP contribution in [0.1, 0.15) is 5.56 Å². The number of para-hydroxylation sites is 2. The number of ether oxygens (including phenoxy) is 2. The normalized spacial score (nSPS) is 11.0. The zero-order valence-electron chi connectivity index (χ0n) is 18.6. The maximum atomic E-state index is 13.3. The van der Waals surface area contributed by atoms with E-state index in [9.17, 15) is 9.59 Å². The lowest BCUT2D eigenvalue weighted by molar-refractivity contribution is -0.118. The van der Waals surface area contributed by atoms with E-state index in [-0.39, 0.29) is 17.2 Å². The monoisotopic (exact) mass is 474 g/mol. The van der Waals surface area contributed by atoms with Gasteiger partial charge in [0.15, 0.2) is 5.16 Å². The molecule has 1 heterocycles. The summed E-state index contributed by atoms with van der Waals surface area (Å²) >= 11 is 1.15. The zero-order valence-corrected chi connectivity index (χ0v) is 19.4. The minimum absolute atomic E-state index is 0.0181. The number of methoxy groups -OCH3 is 2. The van der Waals surface area contributed by atoms with Crippen molar-refractivity contribution in [3.8, 4) is 17.2 Å². The minimum Gasteiger partial charge on any atom is -0.497 e. The standard InChI is InChI=1S/C25H22N4O4S/c1-32-19-13-11-18(12-14-19)29-24(31)20-8-4-5-9-21(20)27-25(29)34-16-23(30)28-26-15-17-7-3-6-10-22(17)33-2/h3-15H,16H2,1-2H3,(H,28,30). The number of aromatic nitrogens is 2. The summed E-state index contributed by atoms with van der Waals surface area (Å²) in [5.41, 5.74) is 4.22. The number of benzene rings is 3. The van der Waals surface area contributed by atoms with Crippen molar-refractivity contribution < 1.29 is 14.3 Å². The number of hydrogen-bond donors (Lipinski definition) is 1. The third-order valence-corrected chi connectivity index (χ3v) is 5.88. The van der Waals surface area contributed by atoms with Crippen molar-refractivity contribution in [3.63, 3.8) is 0 Å². The Kier molecular flexibility index (Phi) is 7.24. The molecule has 172 valence electrons. The van der Waals surface area contributed by atoms with Crippen LogP contribution in [0.5, 0.6) is 11.5 Å². The molecule has 8 nitrogen and oxygen atoms in total. The molecule has 1 amide bonds. The lowest BCUT2D eigenvalue weighted by Crippen LogP contribution is -2.24. The molecule has 3 aromatic carbocycles. The summed E-state index contributed by atoms with van der Waals surface area (Å²) < 4.78 is 12.0. The van der Waals surface area contributed by atoms with Crippen molar-refractivity contribution in [2.75, 3.05) is 20.0 Å². The molecular weight excluding hydrogens is 452 g/mol. The number of hydrazone groups is 1. The third-order valence-electron chi connectivity index (χ3n) is 4.94. The number of amides is 1. The maximum Gasteiger partial charge on any atom is 0.266 e. The third kappa shape index (κ3) is 5.10. The Hall–Kier alpha value is -4.11. The van der Waals surface area contributed by atoms with Gasteiger partial charge in [-0.2, -0.15) is 5.10 Å². The van der Waals surface area contributed by atoms with Crippen LogP contribution in [0.2, 0.25) is 0 Å². The van der Waals surface area contributed by atoms with E-state index in [1.54, 1.807) is 56.7 Å². The first-order valence-electron chi connectivity index (χ1n) is 10.3. The molecule has 0 aliphatic rings. The second kappa shape index (κ2) is 10.7. The van der Waals surface area contributed by atoms with Gasteiger partial charge in [-0.3, -0.25) is 14.2 Å². The SMILES string of the molecule is COc1ccc(-n2c(SCC(=O)NN=Cc3ccccc3OC)nc3ccccc3c2=O)cc1. The van der Waals surface area contributed by atoms with Crippen LogP contribution in [0.4, 0.5) is 0 Å². The summed E-state index contributed by atoms with van der Waals surface area (Å²) in [6, 6.07) is 21.6. The van der Waals surface area contributed by atoms with E-state index in [1.165, 1.54) is 10.8 Å². The average molecular weight is 475 g/mol. The van der Waals surface area contributed by atoms with E-state index in [0.29, 0.717) is 33.2 Å². The van der Waals surface area contributed by atoms with E-state index in [0.717, 1.165) is 17.3 Å². The molecule has 1 aromatic heterocycles.